The number of benzene rings is 2. The molecule has 4 rings (SSSR count). The summed E-state index contributed by atoms with van der Waals surface area (Å²) in [5, 5.41) is 14.0. The van der Waals surface area contributed by atoms with E-state index in [2.05, 4.69) is 39.2 Å². The van der Waals surface area contributed by atoms with E-state index in [1.165, 1.54) is 23.8 Å². The van der Waals surface area contributed by atoms with Gasteiger partial charge in [-0.05, 0) is 88.2 Å². The van der Waals surface area contributed by atoms with Gasteiger partial charge in [-0.1, -0.05) is 42.5 Å². The van der Waals surface area contributed by atoms with Crippen LogP contribution in [0.1, 0.15) is 63.0 Å². The average Bonchev–Trinajstić information content (AvgIpc) is 3.30. The Labute approximate surface area is 210 Å². The molecule has 196 valence electrons. The summed E-state index contributed by atoms with van der Waals surface area (Å²) in [6.07, 6.45) is -0.709. The van der Waals surface area contributed by atoms with Gasteiger partial charge in [0.25, 0.3) is 0 Å². The van der Waals surface area contributed by atoms with E-state index in [9.17, 15) is 23.1 Å². The maximum atomic E-state index is 13.5. The Balaban J connectivity index is 1.38. The van der Waals surface area contributed by atoms with E-state index in [4.69, 9.17) is 0 Å². The first-order valence-corrected chi connectivity index (χ1v) is 12.6. The second-order valence-electron chi connectivity index (χ2n) is 10.6. The van der Waals surface area contributed by atoms with Crippen LogP contribution >= 0.6 is 0 Å². The van der Waals surface area contributed by atoms with Crippen LogP contribution in [0.15, 0.2) is 54.6 Å². The summed E-state index contributed by atoms with van der Waals surface area (Å²) in [7, 11) is 0. The van der Waals surface area contributed by atoms with Crippen LogP contribution in [0.25, 0.3) is 0 Å². The number of hydrogen-bond donors (Lipinski definition) is 2. The molecule has 1 unspecified atom stereocenters. The lowest BCUT2D eigenvalue weighted by molar-refractivity contribution is -0.274. The van der Waals surface area contributed by atoms with Crippen LogP contribution in [0, 0.1) is 5.41 Å². The predicted octanol–water partition coefficient (Wildman–Crippen LogP) is 5.39. The minimum atomic E-state index is -4.78. The number of alkyl halides is 3. The molecule has 8 heteroatoms. The van der Waals surface area contributed by atoms with Gasteiger partial charge in [-0.15, -0.1) is 13.2 Å². The van der Waals surface area contributed by atoms with Gasteiger partial charge in [0, 0.05) is 12.6 Å². The van der Waals surface area contributed by atoms with Crippen molar-refractivity contribution < 1.29 is 27.8 Å². The van der Waals surface area contributed by atoms with Gasteiger partial charge < -0.3 is 20.1 Å². The molecule has 2 aliphatic rings. The van der Waals surface area contributed by atoms with Crippen LogP contribution in [0.2, 0.25) is 0 Å². The fraction of sp³-hybridized carbons (Fsp3) is 0.536. The number of aliphatic hydroxyl groups is 1. The Hall–Kier alpha value is -2.58. The molecule has 0 spiro atoms. The second-order valence-corrected chi connectivity index (χ2v) is 10.6. The average molecular weight is 505 g/mol. The van der Waals surface area contributed by atoms with E-state index in [1.807, 2.05) is 6.07 Å². The zero-order valence-electron chi connectivity index (χ0n) is 20.9. The first-order chi connectivity index (χ1) is 17.0. The lowest BCUT2D eigenvalue weighted by atomic mass is 9.71. The number of piperidine rings is 1. The first kappa shape index (κ1) is 26.5. The van der Waals surface area contributed by atoms with E-state index in [-0.39, 0.29) is 24.2 Å². The van der Waals surface area contributed by atoms with Gasteiger partial charge in [0.1, 0.15) is 5.75 Å². The maximum absolute atomic E-state index is 13.5. The molecular formula is C28H35F3N2O3. The molecule has 5 nitrogen and oxygen atoms in total. The molecule has 1 saturated heterocycles. The number of carbonyl (C=O) groups is 1. The van der Waals surface area contributed by atoms with E-state index < -0.39 is 17.4 Å². The first-order valence-electron chi connectivity index (χ1n) is 12.6. The van der Waals surface area contributed by atoms with Gasteiger partial charge in [-0.3, -0.25) is 4.79 Å². The predicted molar refractivity (Wildman–Crippen MR) is 131 cm³/mol. The van der Waals surface area contributed by atoms with Crippen LogP contribution in [0.4, 0.5) is 13.2 Å². The van der Waals surface area contributed by atoms with Gasteiger partial charge in [-0.2, -0.15) is 0 Å². The quantitative estimate of drug-likeness (QED) is 0.531. The minimum absolute atomic E-state index is 0.0544. The zero-order valence-corrected chi connectivity index (χ0v) is 20.9. The van der Waals surface area contributed by atoms with Crippen molar-refractivity contribution in [3.8, 4) is 5.75 Å². The molecule has 1 saturated carbocycles. The summed E-state index contributed by atoms with van der Waals surface area (Å²) in [5.41, 5.74) is -0.337. The number of amides is 1. The van der Waals surface area contributed by atoms with Crippen molar-refractivity contribution >= 4 is 5.91 Å². The van der Waals surface area contributed by atoms with Crippen LogP contribution in [-0.4, -0.2) is 47.0 Å². The standard InChI is InChI=1S/C28H35F3N2O3/c1-26(2,35)27(25(34)32-19-20-7-6-10-24(17-20)36-28(29,30)31)14-11-23(18-27)33-15-12-22(13-16-33)21-8-4-3-5-9-21/h3-10,17,22-23,35H,11-16,18-19H2,1-2H3,(H,32,34)/t23?,27-/m1/s1. The monoisotopic (exact) mass is 504 g/mol. The Kier molecular flexibility index (Phi) is 7.67. The summed E-state index contributed by atoms with van der Waals surface area (Å²) < 4.78 is 41.6. The lowest BCUT2D eigenvalue weighted by Gasteiger charge is -2.41. The molecule has 2 N–H and O–H groups in total. The fourth-order valence-corrected chi connectivity index (χ4v) is 5.90. The van der Waals surface area contributed by atoms with Crippen molar-refractivity contribution in [2.24, 2.45) is 5.41 Å². The minimum Gasteiger partial charge on any atom is -0.406 e. The highest BCUT2D eigenvalue weighted by molar-refractivity contribution is 5.84. The van der Waals surface area contributed by atoms with E-state index in [1.54, 1.807) is 19.9 Å². The molecule has 1 amide bonds. The highest BCUT2D eigenvalue weighted by atomic mass is 19.4. The molecule has 2 aromatic rings. The van der Waals surface area contributed by atoms with Crippen LogP contribution in [-0.2, 0) is 11.3 Å². The van der Waals surface area contributed by atoms with Crippen molar-refractivity contribution in [3.05, 3.63) is 65.7 Å². The highest BCUT2D eigenvalue weighted by Crippen LogP contribution is 2.49. The Bertz CT molecular complexity index is 1030. The normalized spacial score (nSPS) is 24.0. The van der Waals surface area contributed by atoms with E-state index in [0.717, 1.165) is 32.4 Å². The van der Waals surface area contributed by atoms with Crippen molar-refractivity contribution in [1.29, 1.82) is 0 Å². The van der Waals surface area contributed by atoms with Gasteiger partial charge in [-0.25, -0.2) is 0 Å². The molecule has 2 fully saturated rings. The summed E-state index contributed by atoms with van der Waals surface area (Å²) in [6.45, 7) is 5.32. The number of nitrogens with zero attached hydrogens (tertiary/aromatic N) is 1. The van der Waals surface area contributed by atoms with E-state index in [0.29, 0.717) is 24.3 Å². The molecule has 1 aliphatic heterocycles. The summed E-state index contributed by atoms with van der Waals surface area (Å²) in [6, 6.07) is 16.3. The summed E-state index contributed by atoms with van der Waals surface area (Å²) in [5.74, 6) is -0.0478. The molecule has 0 aromatic heterocycles. The van der Waals surface area contributed by atoms with Crippen LogP contribution < -0.4 is 10.1 Å². The number of hydrogen-bond acceptors (Lipinski definition) is 4. The maximum Gasteiger partial charge on any atom is 0.573 e. The summed E-state index contributed by atoms with van der Waals surface area (Å²) >= 11 is 0. The van der Waals surface area contributed by atoms with Crippen molar-refractivity contribution in [1.82, 2.24) is 10.2 Å². The highest BCUT2D eigenvalue weighted by Gasteiger charge is 2.55. The van der Waals surface area contributed by atoms with Gasteiger partial charge >= 0.3 is 6.36 Å². The Morgan fingerprint density at radius 1 is 1.08 bits per heavy atom. The van der Waals surface area contributed by atoms with Gasteiger partial charge in [0.2, 0.25) is 5.91 Å². The molecular weight excluding hydrogens is 469 g/mol. The fourth-order valence-electron chi connectivity index (χ4n) is 5.90. The molecule has 36 heavy (non-hydrogen) atoms. The van der Waals surface area contributed by atoms with Crippen LogP contribution in [0.3, 0.4) is 0 Å². The lowest BCUT2D eigenvalue weighted by Crippen LogP contribution is -2.53. The Morgan fingerprint density at radius 2 is 1.78 bits per heavy atom. The number of nitrogens with one attached hydrogen (secondary N) is 1. The summed E-state index contributed by atoms with van der Waals surface area (Å²) in [4.78, 5) is 15.9. The molecule has 0 bridgehead atoms. The number of rotatable bonds is 7. The molecule has 1 aliphatic carbocycles. The SMILES string of the molecule is CC(C)(O)[C@]1(C(=O)NCc2cccc(OC(F)(F)F)c2)CCC(N2CCC(c3ccccc3)CC2)C1. The number of halogens is 3. The zero-order chi connectivity index (χ0) is 26.0. The number of likely N-dealkylation sites (tertiary alicyclic amines) is 1. The number of ether oxygens (including phenoxy) is 1. The largest absolute Gasteiger partial charge is 0.573 e. The molecule has 1 heterocycles. The topological polar surface area (TPSA) is 61.8 Å². The van der Waals surface area contributed by atoms with E-state index >= 15 is 0 Å². The third-order valence-electron chi connectivity index (χ3n) is 8.00. The molecule has 2 atom stereocenters. The van der Waals surface area contributed by atoms with Crippen molar-refractivity contribution in [3.63, 3.8) is 0 Å². The smallest absolute Gasteiger partial charge is 0.406 e. The van der Waals surface area contributed by atoms with Crippen molar-refractivity contribution in [2.45, 2.75) is 76.4 Å². The third kappa shape index (κ3) is 6.03. The van der Waals surface area contributed by atoms with Gasteiger partial charge in [0.15, 0.2) is 0 Å². The molecule has 0 radical (unpaired) electrons. The van der Waals surface area contributed by atoms with Crippen molar-refractivity contribution in [2.75, 3.05) is 13.1 Å². The second kappa shape index (κ2) is 10.4. The molecule has 2 aromatic carbocycles. The van der Waals surface area contributed by atoms with Crippen LogP contribution in [0.5, 0.6) is 5.75 Å². The van der Waals surface area contributed by atoms with Gasteiger partial charge in [0.05, 0.1) is 11.0 Å². The number of carbonyl (C=O) groups excluding carboxylic acids is 1. The Morgan fingerprint density at radius 3 is 2.42 bits per heavy atom. The third-order valence-corrected chi connectivity index (χ3v) is 8.00.